The molecular weight excluding hydrogens is 304 g/mol. The van der Waals surface area contributed by atoms with Gasteiger partial charge in [-0.3, -0.25) is 0 Å². The van der Waals surface area contributed by atoms with Crippen molar-refractivity contribution in [1.82, 2.24) is 20.2 Å². The summed E-state index contributed by atoms with van der Waals surface area (Å²) in [5.74, 6) is 1.38. The Morgan fingerprint density at radius 1 is 1.42 bits per heavy atom. The van der Waals surface area contributed by atoms with Gasteiger partial charge >= 0.3 is 6.03 Å². The van der Waals surface area contributed by atoms with Crippen molar-refractivity contribution >= 4 is 6.03 Å². The van der Waals surface area contributed by atoms with Crippen LogP contribution in [0.3, 0.4) is 0 Å². The third-order valence-corrected chi connectivity index (χ3v) is 5.32. The summed E-state index contributed by atoms with van der Waals surface area (Å²) >= 11 is 0. The van der Waals surface area contributed by atoms with Crippen LogP contribution in [0.15, 0.2) is 12.4 Å². The van der Waals surface area contributed by atoms with Crippen LogP contribution in [0.5, 0.6) is 0 Å². The normalized spacial score (nSPS) is 19.8. The Hall–Kier alpha value is -1.56. The van der Waals surface area contributed by atoms with E-state index in [1.54, 1.807) is 6.20 Å². The summed E-state index contributed by atoms with van der Waals surface area (Å²) in [4.78, 5) is 17.0. The second kappa shape index (κ2) is 8.01. The van der Waals surface area contributed by atoms with E-state index >= 15 is 0 Å². The number of urea groups is 1. The molecule has 1 saturated carbocycles. The van der Waals surface area contributed by atoms with Gasteiger partial charge in [-0.1, -0.05) is 33.1 Å². The average molecular weight is 336 g/mol. The Balaban J connectivity index is 2.05. The van der Waals surface area contributed by atoms with Gasteiger partial charge in [0.05, 0.1) is 18.2 Å². The Kier molecular flexibility index (Phi) is 6.27. The van der Waals surface area contributed by atoms with Crippen molar-refractivity contribution in [2.45, 2.75) is 64.5 Å². The lowest BCUT2D eigenvalue weighted by molar-refractivity contribution is 0.1000. The summed E-state index contributed by atoms with van der Waals surface area (Å²) in [5, 5.41) is 16.0. The van der Waals surface area contributed by atoms with E-state index in [9.17, 15) is 9.90 Å². The smallest absolute Gasteiger partial charge is 0.315 e. The molecule has 1 fully saturated rings. The number of nitrogens with one attached hydrogen (secondary N) is 2. The zero-order valence-electron chi connectivity index (χ0n) is 15.4. The fraction of sp³-hybridized carbons (Fsp3) is 0.778. The van der Waals surface area contributed by atoms with Gasteiger partial charge in [-0.05, 0) is 31.6 Å². The number of hydrogen-bond acceptors (Lipinski definition) is 3. The lowest BCUT2D eigenvalue weighted by atomic mass is 9.76. The summed E-state index contributed by atoms with van der Waals surface area (Å²) in [6, 6.07) is -0.405. The first-order valence-electron chi connectivity index (χ1n) is 9.04. The van der Waals surface area contributed by atoms with Gasteiger partial charge in [0.25, 0.3) is 0 Å². The maximum absolute atomic E-state index is 12.6. The van der Waals surface area contributed by atoms with E-state index in [1.165, 1.54) is 19.3 Å². The highest BCUT2D eigenvalue weighted by Crippen LogP contribution is 2.32. The number of carbonyl (C=O) groups is 1. The van der Waals surface area contributed by atoms with Gasteiger partial charge in [0.1, 0.15) is 5.82 Å². The first kappa shape index (κ1) is 18.8. The Bertz CT molecular complexity index is 537. The fourth-order valence-electron chi connectivity index (χ4n) is 3.65. The molecule has 0 radical (unpaired) electrons. The number of amides is 2. The minimum Gasteiger partial charge on any atom is -0.394 e. The molecule has 2 amide bonds. The molecule has 6 nitrogen and oxygen atoms in total. The predicted octanol–water partition coefficient (Wildman–Crippen LogP) is 2.75. The number of aromatic nitrogens is 2. The van der Waals surface area contributed by atoms with Crippen molar-refractivity contribution in [3.05, 3.63) is 18.2 Å². The van der Waals surface area contributed by atoms with E-state index in [1.807, 2.05) is 24.7 Å². The van der Waals surface area contributed by atoms with E-state index in [0.717, 1.165) is 18.7 Å². The van der Waals surface area contributed by atoms with Gasteiger partial charge in [-0.15, -0.1) is 0 Å². The summed E-state index contributed by atoms with van der Waals surface area (Å²) in [5.41, 5.74) is -0.576. The average Bonchev–Trinajstić information content (AvgIpc) is 2.98. The molecule has 0 saturated heterocycles. The van der Waals surface area contributed by atoms with Crippen LogP contribution in [0.25, 0.3) is 0 Å². The molecule has 0 aliphatic heterocycles. The molecule has 0 unspecified atom stereocenters. The highest BCUT2D eigenvalue weighted by Gasteiger charge is 2.36. The Labute approximate surface area is 145 Å². The Morgan fingerprint density at radius 2 is 2.08 bits per heavy atom. The zero-order chi connectivity index (χ0) is 17.7. The van der Waals surface area contributed by atoms with Gasteiger partial charge in [0.15, 0.2) is 0 Å². The summed E-state index contributed by atoms with van der Waals surface area (Å²) in [6.07, 6.45) is 9.33. The van der Waals surface area contributed by atoms with Crippen LogP contribution in [0.4, 0.5) is 4.79 Å². The third-order valence-electron chi connectivity index (χ3n) is 5.32. The largest absolute Gasteiger partial charge is 0.394 e. The highest BCUT2D eigenvalue weighted by molar-refractivity contribution is 5.75. The van der Waals surface area contributed by atoms with Gasteiger partial charge in [-0.25, -0.2) is 9.78 Å². The first-order chi connectivity index (χ1) is 11.4. The van der Waals surface area contributed by atoms with E-state index in [-0.39, 0.29) is 24.6 Å². The topological polar surface area (TPSA) is 79.2 Å². The molecule has 136 valence electrons. The van der Waals surface area contributed by atoms with E-state index in [0.29, 0.717) is 5.92 Å². The van der Waals surface area contributed by atoms with Crippen molar-refractivity contribution in [3.63, 3.8) is 0 Å². The third kappa shape index (κ3) is 4.29. The minimum atomic E-state index is -0.576. The van der Waals surface area contributed by atoms with Crippen LogP contribution in [0, 0.1) is 11.8 Å². The van der Waals surface area contributed by atoms with Gasteiger partial charge in [0.2, 0.25) is 0 Å². The molecule has 0 aromatic carbocycles. The minimum absolute atomic E-state index is 0.0418. The second-order valence-corrected chi connectivity index (χ2v) is 7.63. The van der Waals surface area contributed by atoms with Crippen LogP contribution in [0.2, 0.25) is 0 Å². The standard InChI is InChI=1S/C18H32N4O2/c1-13(2)15(16-19-10-11-22(16)4)20-17(24)21-18(3,12-23)14-8-6-5-7-9-14/h10-11,13-15,23H,5-9,12H2,1-4H3,(H2,20,21,24)/t15-,18+/m0/s1. The molecule has 24 heavy (non-hydrogen) atoms. The fourth-order valence-corrected chi connectivity index (χ4v) is 3.65. The van der Waals surface area contributed by atoms with Crippen molar-refractivity contribution in [1.29, 1.82) is 0 Å². The number of aliphatic hydroxyl groups excluding tert-OH is 1. The monoisotopic (exact) mass is 336 g/mol. The first-order valence-corrected chi connectivity index (χ1v) is 9.04. The molecule has 0 spiro atoms. The number of imidazole rings is 1. The number of rotatable bonds is 6. The predicted molar refractivity (Wildman–Crippen MR) is 94.5 cm³/mol. The molecule has 1 aromatic heterocycles. The molecular formula is C18H32N4O2. The van der Waals surface area contributed by atoms with E-state index in [2.05, 4.69) is 29.5 Å². The molecule has 6 heteroatoms. The SMILES string of the molecule is CC(C)[C@H](NC(=O)N[C@](C)(CO)C1CCCCC1)c1nccn1C. The number of carbonyl (C=O) groups excluding carboxylic acids is 1. The molecule has 2 rings (SSSR count). The number of aliphatic hydroxyl groups is 1. The zero-order valence-corrected chi connectivity index (χ0v) is 15.4. The van der Waals surface area contributed by atoms with Gasteiger partial charge < -0.3 is 20.3 Å². The van der Waals surface area contributed by atoms with Crippen molar-refractivity contribution < 1.29 is 9.90 Å². The molecule has 3 N–H and O–H groups in total. The van der Waals surface area contributed by atoms with Gasteiger partial charge in [-0.2, -0.15) is 0 Å². The molecule has 1 heterocycles. The van der Waals surface area contributed by atoms with E-state index in [4.69, 9.17) is 0 Å². The maximum Gasteiger partial charge on any atom is 0.315 e. The highest BCUT2D eigenvalue weighted by atomic mass is 16.3. The molecule has 1 aliphatic rings. The van der Waals surface area contributed by atoms with Crippen LogP contribution in [-0.4, -0.2) is 32.8 Å². The van der Waals surface area contributed by atoms with Crippen LogP contribution in [0.1, 0.15) is 64.7 Å². The lowest BCUT2D eigenvalue weighted by Crippen LogP contribution is -2.58. The molecule has 1 aliphatic carbocycles. The Morgan fingerprint density at radius 3 is 2.58 bits per heavy atom. The van der Waals surface area contributed by atoms with Gasteiger partial charge in [0, 0.05) is 19.4 Å². The summed E-state index contributed by atoms with van der Waals surface area (Å²) < 4.78 is 1.93. The van der Waals surface area contributed by atoms with Crippen LogP contribution >= 0.6 is 0 Å². The quantitative estimate of drug-likeness (QED) is 0.747. The molecule has 2 atom stereocenters. The van der Waals surface area contributed by atoms with Crippen molar-refractivity contribution in [2.24, 2.45) is 18.9 Å². The van der Waals surface area contributed by atoms with Crippen LogP contribution < -0.4 is 10.6 Å². The van der Waals surface area contributed by atoms with Crippen molar-refractivity contribution in [3.8, 4) is 0 Å². The number of hydrogen-bond donors (Lipinski definition) is 3. The van der Waals surface area contributed by atoms with Crippen molar-refractivity contribution in [2.75, 3.05) is 6.61 Å². The second-order valence-electron chi connectivity index (χ2n) is 7.63. The number of aryl methyl sites for hydroxylation is 1. The molecule has 1 aromatic rings. The van der Waals surface area contributed by atoms with Crippen LogP contribution in [-0.2, 0) is 7.05 Å². The maximum atomic E-state index is 12.6. The summed E-state index contributed by atoms with van der Waals surface area (Å²) in [7, 11) is 1.93. The van der Waals surface area contributed by atoms with E-state index < -0.39 is 5.54 Å². The number of nitrogens with zero attached hydrogens (tertiary/aromatic N) is 2. The lowest BCUT2D eigenvalue weighted by Gasteiger charge is -2.39. The molecule has 0 bridgehead atoms. The summed E-state index contributed by atoms with van der Waals surface area (Å²) in [6.45, 7) is 6.03.